The monoisotopic (exact) mass is 485 g/mol. The molecule has 0 radical (unpaired) electrons. The van der Waals surface area contributed by atoms with Gasteiger partial charge in [0.05, 0.1) is 6.04 Å². The summed E-state index contributed by atoms with van der Waals surface area (Å²) in [7, 11) is -3.84. The summed E-state index contributed by atoms with van der Waals surface area (Å²) in [6, 6.07) is 12.7. The third-order valence-corrected chi connectivity index (χ3v) is 7.71. The molecule has 2 fully saturated rings. The minimum absolute atomic E-state index is 0.248. The Hall–Kier alpha value is -2.94. The maximum atomic E-state index is 12.7. The molecule has 2 aromatic rings. The van der Waals surface area contributed by atoms with Crippen molar-refractivity contribution in [2.24, 2.45) is 5.92 Å². The zero-order chi connectivity index (χ0) is 23.5. The Labute approximate surface area is 200 Å². The van der Waals surface area contributed by atoms with Crippen LogP contribution < -0.4 is 24.4 Å². The molecule has 0 aromatic heterocycles. The first-order valence-electron chi connectivity index (χ1n) is 12.0. The molecule has 1 amide bonds. The fraction of sp³-hybridized carbons (Fsp3) is 0.480. The van der Waals surface area contributed by atoms with E-state index in [2.05, 4.69) is 14.9 Å². The Bertz CT molecular complexity index is 1130. The summed E-state index contributed by atoms with van der Waals surface area (Å²) in [5.74, 6) is 0.489. The first-order chi connectivity index (χ1) is 16.5. The zero-order valence-electron chi connectivity index (χ0n) is 19.2. The van der Waals surface area contributed by atoms with Gasteiger partial charge < -0.3 is 19.7 Å². The van der Waals surface area contributed by atoms with Gasteiger partial charge in [0.1, 0.15) is 19.0 Å². The Morgan fingerprint density at radius 2 is 1.68 bits per heavy atom. The van der Waals surface area contributed by atoms with Crippen LogP contribution in [0.2, 0.25) is 0 Å². The third-order valence-electron chi connectivity index (χ3n) is 6.52. The molecule has 5 rings (SSSR count). The first kappa shape index (κ1) is 22.8. The van der Waals surface area contributed by atoms with Gasteiger partial charge in [-0.2, -0.15) is 0 Å². The van der Waals surface area contributed by atoms with Gasteiger partial charge in [0.15, 0.2) is 11.5 Å². The maximum absolute atomic E-state index is 12.7. The molecule has 0 spiro atoms. The van der Waals surface area contributed by atoms with Gasteiger partial charge in [-0.25, -0.2) is 8.42 Å². The Morgan fingerprint density at radius 1 is 0.971 bits per heavy atom. The zero-order valence-corrected chi connectivity index (χ0v) is 20.0. The average molecular weight is 486 g/mol. The van der Waals surface area contributed by atoms with E-state index in [1.54, 1.807) is 12.1 Å². The van der Waals surface area contributed by atoms with Crippen molar-refractivity contribution in [1.82, 2.24) is 5.32 Å². The number of rotatable bonds is 8. The van der Waals surface area contributed by atoms with Gasteiger partial charge >= 0.3 is 0 Å². The van der Waals surface area contributed by atoms with E-state index in [0.29, 0.717) is 36.3 Å². The van der Waals surface area contributed by atoms with Crippen LogP contribution in [0, 0.1) is 5.92 Å². The largest absolute Gasteiger partial charge is 0.486 e. The number of piperidine rings is 1. The Balaban J connectivity index is 1.20. The quantitative estimate of drug-likeness (QED) is 0.595. The Kier molecular flexibility index (Phi) is 6.54. The average Bonchev–Trinajstić information content (AvgIpc) is 3.68. The second-order valence-electron chi connectivity index (χ2n) is 9.24. The summed E-state index contributed by atoms with van der Waals surface area (Å²) in [5.41, 5.74) is 2.45. The molecule has 9 heteroatoms. The SMILES string of the molecule is O=C(CS(=O)(=O)Nc1ccc(N2CCCCC2)cc1)NC(c1ccc2c(c1)OCCO2)C1CC1. The molecule has 3 aliphatic rings. The minimum atomic E-state index is -3.84. The number of benzene rings is 2. The standard InChI is InChI=1S/C25H31N3O5S/c29-24(26-25(18-4-5-18)19-6-11-22-23(16-19)33-15-14-32-22)17-34(30,31)27-20-7-9-21(10-8-20)28-12-2-1-3-13-28/h6-11,16,18,25,27H,1-5,12-15,17H2,(H,26,29). The normalized spacial score (nSPS) is 18.8. The highest BCUT2D eigenvalue weighted by Crippen LogP contribution is 2.43. The number of nitrogens with zero attached hydrogens (tertiary/aromatic N) is 1. The smallest absolute Gasteiger partial charge is 0.241 e. The molecule has 1 unspecified atom stereocenters. The lowest BCUT2D eigenvalue weighted by atomic mass is 10.0. The number of fused-ring (bicyclic) bond motifs is 1. The van der Waals surface area contributed by atoms with Crippen molar-refractivity contribution in [1.29, 1.82) is 0 Å². The lowest BCUT2D eigenvalue weighted by Gasteiger charge is -2.28. The molecular weight excluding hydrogens is 454 g/mol. The van der Waals surface area contributed by atoms with Gasteiger partial charge in [-0.15, -0.1) is 0 Å². The van der Waals surface area contributed by atoms with Gasteiger partial charge in [-0.1, -0.05) is 6.07 Å². The number of ether oxygens (including phenoxy) is 2. The van der Waals surface area contributed by atoms with E-state index in [1.807, 2.05) is 30.3 Å². The van der Waals surface area contributed by atoms with Gasteiger partial charge in [0, 0.05) is 24.5 Å². The number of anilines is 2. The van der Waals surface area contributed by atoms with Gasteiger partial charge in [0.2, 0.25) is 15.9 Å². The maximum Gasteiger partial charge on any atom is 0.241 e. The summed E-state index contributed by atoms with van der Waals surface area (Å²) in [6.07, 6.45) is 5.60. The van der Waals surface area contributed by atoms with Gasteiger partial charge in [-0.3, -0.25) is 9.52 Å². The van der Waals surface area contributed by atoms with E-state index in [4.69, 9.17) is 9.47 Å². The van der Waals surface area contributed by atoms with Crippen LogP contribution in [-0.4, -0.2) is 46.4 Å². The molecule has 2 aliphatic heterocycles. The molecule has 2 heterocycles. The predicted octanol–water partition coefficient (Wildman–Crippen LogP) is 3.46. The highest BCUT2D eigenvalue weighted by atomic mass is 32.2. The Morgan fingerprint density at radius 3 is 2.38 bits per heavy atom. The second-order valence-corrected chi connectivity index (χ2v) is 11.0. The molecule has 8 nitrogen and oxygen atoms in total. The highest BCUT2D eigenvalue weighted by molar-refractivity contribution is 7.93. The number of carbonyl (C=O) groups is 1. The second kappa shape index (κ2) is 9.74. The fourth-order valence-corrected chi connectivity index (χ4v) is 5.65. The molecule has 1 saturated heterocycles. The summed E-state index contributed by atoms with van der Waals surface area (Å²) in [5, 5.41) is 2.93. The van der Waals surface area contributed by atoms with E-state index < -0.39 is 21.7 Å². The predicted molar refractivity (Wildman–Crippen MR) is 131 cm³/mol. The van der Waals surface area contributed by atoms with Crippen molar-refractivity contribution in [2.45, 2.75) is 38.1 Å². The van der Waals surface area contributed by atoms with Crippen molar-refractivity contribution < 1.29 is 22.7 Å². The van der Waals surface area contributed by atoms with Crippen LogP contribution in [-0.2, 0) is 14.8 Å². The highest BCUT2D eigenvalue weighted by Gasteiger charge is 2.35. The van der Waals surface area contributed by atoms with Crippen molar-refractivity contribution in [3.8, 4) is 11.5 Å². The van der Waals surface area contributed by atoms with E-state index >= 15 is 0 Å². The van der Waals surface area contributed by atoms with E-state index in [0.717, 1.165) is 37.2 Å². The topological polar surface area (TPSA) is 97.0 Å². The van der Waals surface area contributed by atoms with Crippen LogP contribution in [0.3, 0.4) is 0 Å². The van der Waals surface area contributed by atoms with Crippen LogP contribution >= 0.6 is 0 Å². The van der Waals surface area contributed by atoms with Crippen LogP contribution in [0.1, 0.15) is 43.7 Å². The molecule has 34 heavy (non-hydrogen) atoms. The fourth-order valence-electron chi connectivity index (χ4n) is 4.65. The summed E-state index contributed by atoms with van der Waals surface area (Å²) in [4.78, 5) is 15.0. The molecular formula is C25H31N3O5S. The first-order valence-corrected chi connectivity index (χ1v) is 13.7. The summed E-state index contributed by atoms with van der Waals surface area (Å²) in [6.45, 7) is 3.05. The lowest BCUT2D eigenvalue weighted by Crippen LogP contribution is -2.36. The van der Waals surface area contributed by atoms with E-state index in [-0.39, 0.29) is 6.04 Å². The lowest BCUT2D eigenvalue weighted by molar-refractivity contribution is -0.119. The van der Waals surface area contributed by atoms with Crippen LogP contribution in [0.5, 0.6) is 11.5 Å². The van der Waals surface area contributed by atoms with Crippen molar-refractivity contribution in [2.75, 3.05) is 41.7 Å². The summed E-state index contributed by atoms with van der Waals surface area (Å²) < 4.78 is 39.1. The summed E-state index contributed by atoms with van der Waals surface area (Å²) >= 11 is 0. The number of sulfonamides is 1. The molecule has 1 aliphatic carbocycles. The third kappa shape index (κ3) is 5.58. The number of nitrogens with one attached hydrogen (secondary N) is 2. The molecule has 182 valence electrons. The molecule has 2 N–H and O–H groups in total. The van der Waals surface area contributed by atoms with E-state index in [1.165, 1.54) is 19.3 Å². The van der Waals surface area contributed by atoms with Crippen molar-refractivity contribution >= 4 is 27.3 Å². The number of amides is 1. The number of hydrogen-bond donors (Lipinski definition) is 2. The van der Waals surface area contributed by atoms with E-state index in [9.17, 15) is 13.2 Å². The van der Waals surface area contributed by atoms with Crippen LogP contribution in [0.4, 0.5) is 11.4 Å². The van der Waals surface area contributed by atoms with Crippen molar-refractivity contribution in [3.63, 3.8) is 0 Å². The molecule has 1 atom stereocenters. The molecule has 2 aromatic carbocycles. The minimum Gasteiger partial charge on any atom is -0.486 e. The van der Waals surface area contributed by atoms with Gasteiger partial charge in [0.25, 0.3) is 0 Å². The van der Waals surface area contributed by atoms with Crippen LogP contribution in [0.25, 0.3) is 0 Å². The van der Waals surface area contributed by atoms with Crippen LogP contribution in [0.15, 0.2) is 42.5 Å². The number of carbonyl (C=O) groups excluding carboxylic acids is 1. The number of hydrogen-bond acceptors (Lipinski definition) is 6. The molecule has 0 bridgehead atoms. The van der Waals surface area contributed by atoms with Crippen molar-refractivity contribution in [3.05, 3.63) is 48.0 Å². The molecule has 1 saturated carbocycles. The van der Waals surface area contributed by atoms with Gasteiger partial charge in [-0.05, 0) is 80.0 Å².